The molecule has 0 aliphatic carbocycles. The van der Waals surface area contributed by atoms with Crippen LogP contribution in [0.5, 0.6) is 5.75 Å². The summed E-state index contributed by atoms with van der Waals surface area (Å²) in [6.07, 6.45) is 22.4. The monoisotopic (exact) mass is 516 g/mol. The summed E-state index contributed by atoms with van der Waals surface area (Å²) in [5.41, 5.74) is -0.283. The maximum atomic E-state index is 13.1. The molecule has 4 heteroatoms. The maximum absolute atomic E-state index is 13.1. The summed E-state index contributed by atoms with van der Waals surface area (Å²) >= 11 is 0. The quantitative estimate of drug-likeness (QED) is 0.0628. The zero-order valence-electron chi connectivity index (χ0n) is 24.6. The van der Waals surface area contributed by atoms with Crippen molar-refractivity contribution in [3.8, 4) is 5.75 Å². The van der Waals surface area contributed by atoms with Gasteiger partial charge in [0.15, 0.2) is 5.41 Å². The van der Waals surface area contributed by atoms with Gasteiger partial charge in [0.1, 0.15) is 5.75 Å². The van der Waals surface area contributed by atoms with Crippen LogP contribution in [0.4, 0.5) is 0 Å². The number of hydrogen-bond acceptors (Lipinski definition) is 4. The Hall–Kier alpha value is -1.84. The van der Waals surface area contributed by atoms with E-state index < -0.39 is 17.4 Å². The van der Waals surface area contributed by atoms with Crippen LogP contribution in [-0.4, -0.2) is 18.5 Å². The Balaban J connectivity index is 2.16. The zero-order valence-corrected chi connectivity index (χ0v) is 24.6. The Bertz CT molecular complexity index is 723. The van der Waals surface area contributed by atoms with Crippen LogP contribution >= 0.6 is 0 Å². The van der Waals surface area contributed by atoms with E-state index in [-0.39, 0.29) is 0 Å². The highest BCUT2D eigenvalue weighted by Crippen LogP contribution is 2.32. The van der Waals surface area contributed by atoms with Crippen molar-refractivity contribution >= 4 is 11.9 Å². The number of rotatable bonds is 23. The standard InChI is InChI=1S/C33H56O4/c1-5-9-10-11-12-13-14-15-16-17-18-19-20-21-22-25-28-36-31(34)33(7-3,8-4)32(35)37-30-27-24-23-26-29(30)6-2/h23-24,26-27H,5-22,25,28H2,1-4H3. The summed E-state index contributed by atoms with van der Waals surface area (Å²) in [6, 6.07) is 7.50. The first-order valence-corrected chi connectivity index (χ1v) is 15.5. The number of benzene rings is 1. The summed E-state index contributed by atoms with van der Waals surface area (Å²) in [5, 5.41) is 0. The maximum Gasteiger partial charge on any atom is 0.328 e. The first-order valence-electron chi connectivity index (χ1n) is 15.5. The molecule has 0 atom stereocenters. The second-order valence-electron chi connectivity index (χ2n) is 10.6. The summed E-state index contributed by atoms with van der Waals surface area (Å²) in [6.45, 7) is 8.37. The highest BCUT2D eigenvalue weighted by Gasteiger charge is 2.46. The van der Waals surface area contributed by atoms with Crippen LogP contribution in [0.3, 0.4) is 0 Å². The molecule has 0 N–H and O–H groups in total. The number of esters is 2. The molecule has 0 aliphatic heterocycles. The van der Waals surface area contributed by atoms with Gasteiger partial charge in [-0.3, -0.25) is 9.59 Å². The molecule has 1 aromatic carbocycles. The molecule has 0 aliphatic rings. The Morgan fingerprint density at radius 3 is 1.54 bits per heavy atom. The van der Waals surface area contributed by atoms with E-state index in [2.05, 4.69) is 6.92 Å². The van der Waals surface area contributed by atoms with E-state index in [0.29, 0.717) is 25.2 Å². The molecule has 0 radical (unpaired) electrons. The molecule has 212 valence electrons. The Morgan fingerprint density at radius 1 is 0.622 bits per heavy atom. The fraction of sp³-hybridized carbons (Fsp3) is 0.758. The summed E-state index contributed by atoms with van der Waals surface area (Å²) in [7, 11) is 0. The van der Waals surface area contributed by atoms with Crippen molar-refractivity contribution in [2.75, 3.05) is 6.61 Å². The molecular weight excluding hydrogens is 460 g/mol. The molecule has 1 rings (SSSR count). The van der Waals surface area contributed by atoms with Crippen molar-refractivity contribution in [1.82, 2.24) is 0 Å². The average Bonchev–Trinajstić information content (AvgIpc) is 2.91. The molecule has 1 aromatic rings. The van der Waals surface area contributed by atoms with Crippen LogP contribution < -0.4 is 4.74 Å². The van der Waals surface area contributed by atoms with Gasteiger partial charge in [0.05, 0.1) is 6.61 Å². The number of para-hydroxylation sites is 1. The van der Waals surface area contributed by atoms with Crippen LogP contribution in [0.25, 0.3) is 0 Å². The fourth-order valence-electron chi connectivity index (χ4n) is 4.96. The Morgan fingerprint density at radius 2 is 1.08 bits per heavy atom. The lowest BCUT2D eigenvalue weighted by atomic mass is 9.82. The fourth-order valence-corrected chi connectivity index (χ4v) is 4.96. The number of unbranched alkanes of at least 4 members (excludes halogenated alkanes) is 15. The SMILES string of the molecule is CCCCCCCCCCCCCCCCCCOC(=O)C(CC)(CC)C(=O)Oc1ccccc1CC. The molecule has 0 amide bonds. The van der Waals surface area contributed by atoms with Gasteiger partial charge in [-0.05, 0) is 37.3 Å². The van der Waals surface area contributed by atoms with Crippen molar-refractivity contribution in [3.05, 3.63) is 29.8 Å². The number of aryl methyl sites for hydroxylation is 1. The van der Waals surface area contributed by atoms with Gasteiger partial charge in [-0.25, -0.2) is 0 Å². The number of ether oxygens (including phenoxy) is 2. The van der Waals surface area contributed by atoms with Gasteiger partial charge in [0.25, 0.3) is 0 Å². The molecule has 37 heavy (non-hydrogen) atoms. The van der Waals surface area contributed by atoms with E-state index in [1.807, 2.05) is 39.0 Å². The van der Waals surface area contributed by atoms with Crippen molar-refractivity contribution in [2.45, 2.75) is 150 Å². The van der Waals surface area contributed by atoms with Crippen LogP contribution in [0.2, 0.25) is 0 Å². The van der Waals surface area contributed by atoms with Gasteiger partial charge in [-0.2, -0.15) is 0 Å². The van der Waals surface area contributed by atoms with E-state index in [1.165, 1.54) is 89.9 Å². The average molecular weight is 517 g/mol. The lowest BCUT2D eigenvalue weighted by Gasteiger charge is -2.27. The zero-order chi connectivity index (χ0) is 27.2. The molecule has 0 unspecified atom stereocenters. The van der Waals surface area contributed by atoms with E-state index in [4.69, 9.17) is 9.47 Å². The van der Waals surface area contributed by atoms with Crippen LogP contribution in [0, 0.1) is 5.41 Å². The normalized spacial score (nSPS) is 11.5. The topological polar surface area (TPSA) is 52.6 Å². The lowest BCUT2D eigenvalue weighted by Crippen LogP contribution is -2.42. The van der Waals surface area contributed by atoms with Gasteiger partial charge in [0, 0.05) is 0 Å². The second kappa shape index (κ2) is 21.1. The summed E-state index contributed by atoms with van der Waals surface area (Å²) in [4.78, 5) is 26.0. The molecular formula is C33H56O4. The third-order valence-electron chi connectivity index (χ3n) is 7.78. The van der Waals surface area contributed by atoms with Crippen molar-refractivity contribution in [1.29, 1.82) is 0 Å². The van der Waals surface area contributed by atoms with Crippen molar-refractivity contribution in [3.63, 3.8) is 0 Å². The van der Waals surface area contributed by atoms with Gasteiger partial charge in [0.2, 0.25) is 0 Å². The minimum Gasteiger partial charge on any atom is -0.465 e. The minimum atomic E-state index is -1.24. The van der Waals surface area contributed by atoms with Crippen LogP contribution in [0.15, 0.2) is 24.3 Å². The van der Waals surface area contributed by atoms with Crippen LogP contribution in [-0.2, 0) is 20.7 Å². The molecule has 0 aromatic heterocycles. The summed E-state index contributed by atoms with van der Waals surface area (Å²) in [5.74, 6) is -0.417. The largest absolute Gasteiger partial charge is 0.465 e. The molecule has 0 saturated carbocycles. The van der Waals surface area contributed by atoms with Gasteiger partial charge in [-0.1, -0.05) is 142 Å². The molecule has 0 heterocycles. The van der Waals surface area contributed by atoms with Crippen molar-refractivity contribution in [2.24, 2.45) is 5.41 Å². The second-order valence-corrected chi connectivity index (χ2v) is 10.6. The van der Waals surface area contributed by atoms with Gasteiger partial charge < -0.3 is 9.47 Å². The number of hydrogen-bond donors (Lipinski definition) is 0. The first kappa shape index (κ1) is 33.2. The smallest absolute Gasteiger partial charge is 0.328 e. The Kier molecular flexibility index (Phi) is 19.0. The molecule has 0 bridgehead atoms. The third kappa shape index (κ3) is 13.0. The predicted octanol–water partition coefficient (Wildman–Crippen LogP) is 9.77. The number of carbonyl (C=O) groups is 2. The van der Waals surface area contributed by atoms with Gasteiger partial charge >= 0.3 is 11.9 Å². The predicted molar refractivity (Wildman–Crippen MR) is 155 cm³/mol. The van der Waals surface area contributed by atoms with E-state index in [1.54, 1.807) is 6.07 Å². The molecule has 0 saturated heterocycles. The molecule has 0 spiro atoms. The Labute approximate surface area is 228 Å². The minimum absolute atomic E-state index is 0.369. The number of carbonyl (C=O) groups excluding carboxylic acids is 2. The molecule has 4 nitrogen and oxygen atoms in total. The van der Waals surface area contributed by atoms with Crippen molar-refractivity contribution < 1.29 is 19.1 Å². The highest BCUT2D eigenvalue weighted by atomic mass is 16.6. The van der Waals surface area contributed by atoms with E-state index >= 15 is 0 Å². The third-order valence-corrected chi connectivity index (χ3v) is 7.78. The van der Waals surface area contributed by atoms with E-state index in [9.17, 15) is 9.59 Å². The summed E-state index contributed by atoms with van der Waals surface area (Å²) < 4.78 is 11.3. The molecule has 0 fully saturated rings. The van der Waals surface area contributed by atoms with Gasteiger partial charge in [-0.15, -0.1) is 0 Å². The lowest BCUT2D eigenvalue weighted by molar-refractivity contribution is -0.168. The van der Waals surface area contributed by atoms with E-state index in [0.717, 1.165) is 24.8 Å². The highest BCUT2D eigenvalue weighted by molar-refractivity contribution is 6.00. The first-order chi connectivity index (χ1) is 18.1. The van der Waals surface area contributed by atoms with Crippen LogP contribution in [0.1, 0.15) is 149 Å².